The van der Waals surface area contributed by atoms with Crippen LogP contribution in [0.25, 0.3) is 0 Å². The summed E-state index contributed by atoms with van der Waals surface area (Å²) in [6.07, 6.45) is 2.17. The standard InChI is InChI=1S/C10H10FNO.C9H7F2NO/c1-2-10(13)12-7-8-3-5-9(11)6-4-8;1-2-9(13)12-8-5-6(10)3-4-7(8)11/h2-6H,1,7H2,(H,12,13);2-5H,1H2,(H,12,13). The second kappa shape index (κ2) is 10.5. The largest absolute Gasteiger partial charge is 0.348 e. The zero-order valence-corrected chi connectivity index (χ0v) is 13.8. The first kappa shape index (κ1) is 20.7. The minimum Gasteiger partial charge on any atom is -0.348 e. The molecule has 0 bridgehead atoms. The first-order valence-corrected chi connectivity index (χ1v) is 7.39. The molecule has 0 fully saturated rings. The highest BCUT2D eigenvalue weighted by Crippen LogP contribution is 2.14. The maximum absolute atomic E-state index is 12.9. The summed E-state index contributed by atoms with van der Waals surface area (Å²) in [4.78, 5) is 21.5. The van der Waals surface area contributed by atoms with Gasteiger partial charge in [-0.1, -0.05) is 25.3 Å². The summed E-state index contributed by atoms with van der Waals surface area (Å²) in [7, 11) is 0. The third-order valence-corrected chi connectivity index (χ3v) is 2.94. The Morgan fingerprint density at radius 2 is 1.46 bits per heavy atom. The number of rotatable bonds is 5. The van der Waals surface area contributed by atoms with Gasteiger partial charge in [-0.3, -0.25) is 9.59 Å². The number of hydrogen-bond acceptors (Lipinski definition) is 2. The van der Waals surface area contributed by atoms with E-state index in [1.807, 2.05) is 0 Å². The van der Waals surface area contributed by atoms with Gasteiger partial charge in [0.15, 0.2) is 0 Å². The molecule has 0 spiro atoms. The van der Waals surface area contributed by atoms with Crippen molar-refractivity contribution in [2.75, 3.05) is 5.32 Å². The van der Waals surface area contributed by atoms with Crippen molar-refractivity contribution < 1.29 is 22.8 Å². The SMILES string of the molecule is C=CC(=O)NCc1ccc(F)cc1.C=CC(=O)Nc1cc(F)ccc1F. The molecule has 0 atom stereocenters. The molecule has 2 amide bonds. The average molecular weight is 362 g/mol. The lowest BCUT2D eigenvalue weighted by atomic mass is 10.2. The topological polar surface area (TPSA) is 58.2 Å². The van der Waals surface area contributed by atoms with Crippen molar-refractivity contribution in [1.82, 2.24) is 5.32 Å². The summed E-state index contributed by atoms with van der Waals surface area (Å²) in [5, 5.41) is 4.72. The van der Waals surface area contributed by atoms with Crippen molar-refractivity contribution in [2.45, 2.75) is 6.54 Å². The Labute approximate surface area is 149 Å². The molecule has 26 heavy (non-hydrogen) atoms. The fourth-order valence-electron chi connectivity index (χ4n) is 1.64. The maximum Gasteiger partial charge on any atom is 0.247 e. The number of carbonyl (C=O) groups excluding carboxylic acids is 2. The second-order valence-corrected chi connectivity index (χ2v) is 4.87. The first-order chi connectivity index (χ1) is 12.3. The van der Waals surface area contributed by atoms with Crippen molar-refractivity contribution in [3.8, 4) is 0 Å². The van der Waals surface area contributed by atoms with Gasteiger partial charge in [0.25, 0.3) is 0 Å². The van der Waals surface area contributed by atoms with Crippen molar-refractivity contribution in [2.24, 2.45) is 0 Å². The summed E-state index contributed by atoms with van der Waals surface area (Å²) in [6, 6.07) is 8.77. The van der Waals surface area contributed by atoms with E-state index in [0.717, 1.165) is 29.8 Å². The first-order valence-electron chi connectivity index (χ1n) is 7.39. The van der Waals surface area contributed by atoms with Crippen LogP contribution in [0.2, 0.25) is 0 Å². The van der Waals surface area contributed by atoms with Crippen LogP contribution in [0, 0.1) is 17.5 Å². The van der Waals surface area contributed by atoms with Crippen molar-refractivity contribution in [3.05, 3.63) is 90.8 Å². The van der Waals surface area contributed by atoms with E-state index in [-0.39, 0.29) is 17.4 Å². The van der Waals surface area contributed by atoms with E-state index >= 15 is 0 Å². The molecule has 0 aliphatic carbocycles. The van der Waals surface area contributed by atoms with Crippen LogP contribution in [0.1, 0.15) is 5.56 Å². The van der Waals surface area contributed by atoms with E-state index in [0.29, 0.717) is 6.54 Å². The van der Waals surface area contributed by atoms with Crippen LogP contribution in [-0.2, 0) is 16.1 Å². The number of nitrogens with one attached hydrogen (secondary N) is 2. The highest BCUT2D eigenvalue weighted by Gasteiger charge is 2.04. The lowest BCUT2D eigenvalue weighted by Crippen LogP contribution is -2.19. The molecule has 2 N–H and O–H groups in total. The lowest BCUT2D eigenvalue weighted by molar-refractivity contribution is -0.116. The lowest BCUT2D eigenvalue weighted by Gasteiger charge is -2.02. The zero-order chi connectivity index (χ0) is 19.5. The van der Waals surface area contributed by atoms with E-state index in [2.05, 4.69) is 23.8 Å². The molecule has 136 valence electrons. The summed E-state index contributed by atoms with van der Waals surface area (Å²) >= 11 is 0. The number of amides is 2. The molecule has 0 aliphatic rings. The molecule has 4 nitrogen and oxygen atoms in total. The Balaban J connectivity index is 0.000000260. The van der Waals surface area contributed by atoms with Gasteiger partial charge in [-0.25, -0.2) is 13.2 Å². The van der Waals surface area contributed by atoms with E-state index in [1.54, 1.807) is 12.1 Å². The van der Waals surface area contributed by atoms with E-state index in [4.69, 9.17) is 0 Å². The molecule has 2 rings (SSSR count). The van der Waals surface area contributed by atoms with E-state index < -0.39 is 17.5 Å². The highest BCUT2D eigenvalue weighted by atomic mass is 19.1. The third-order valence-electron chi connectivity index (χ3n) is 2.94. The minimum absolute atomic E-state index is 0.190. The van der Waals surface area contributed by atoms with Crippen LogP contribution in [0.15, 0.2) is 67.8 Å². The molecular formula is C19H17F3N2O2. The monoisotopic (exact) mass is 362 g/mol. The summed E-state index contributed by atoms with van der Waals surface area (Å²) < 4.78 is 37.9. The van der Waals surface area contributed by atoms with Crippen molar-refractivity contribution in [1.29, 1.82) is 0 Å². The molecule has 0 heterocycles. The van der Waals surface area contributed by atoms with Crippen molar-refractivity contribution in [3.63, 3.8) is 0 Å². The Bertz CT molecular complexity index is 790. The Kier molecular flexibility index (Phi) is 8.36. The van der Waals surface area contributed by atoms with Crippen LogP contribution in [0.4, 0.5) is 18.9 Å². The summed E-state index contributed by atoms with van der Waals surface area (Å²) in [5.74, 6) is -2.38. The molecule has 2 aromatic carbocycles. The maximum atomic E-state index is 12.9. The Hall–Kier alpha value is -3.35. The molecule has 0 aromatic heterocycles. The number of benzene rings is 2. The van der Waals surface area contributed by atoms with Crippen LogP contribution in [0.5, 0.6) is 0 Å². The van der Waals surface area contributed by atoms with Crippen LogP contribution < -0.4 is 10.6 Å². The predicted octanol–water partition coefficient (Wildman–Crippen LogP) is 3.72. The van der Waals surface area contributed by atoms with E-state index in [1.165, 1.54) is 18.2 Å². The smallest absolute Gasteiger partial charge is 0.247 e. The van der Waals surface area contributed by atoms with Gasteiger partial charge in [0.2, 0.25) is 11.8 Å². The summed E-state index contributed by atoms with van der Waals surface area (Å²) in [5.41, 5.74) is 0.668. The van der Waals surface area contributed by atoms with Gasteiger partial charge in [-0.05, 0) is 42.0 Å². The Morgan fingerprint density at radius 3 is 2.04 bits per heavy atom. The molecule has 7 heteroatoms. The minimum atomic E-state index is -0.684. The number of anilines is 1. The second-order valence-electron chi connectivity index (χ2n) is 4.87. The van der Waals surface area contributed by atoms with Crippen LogP contribution in [-0.4, -0.2) is 11.8 Å². The highest BCUT2D eigenvalue weighted by molar-refractivity contribution is 5.98. The normalized spacial score (nSPS) is 9.35. The van der Waals surface area contributed by atoms with Crippen molar-refractivity contribution >= 4 is 17.5 Å². The number of halogens is 3. The van der Waals surface area contributed by atoms with Gasteiger partial charge < -0.3 is 10.6 Å². The molecule has 0 aliphatic heterocycles. The van der Waals surface area contributed by atoms with Gasteiger partial charge in [-0.2, -0.15) is 0 Å². The van der Waals surface area contributed by atoms with E-state index in [9.17, 15) is 22.8 Å². The van der Waals surface area contributed by atoms with Crippen LogP contribution >= 0.6 is 0 Å². The molecule has 0 saturated heterocycles. The fraction of sp³-hybridized carbons (Fsp3) is 0.0526. The number of hydrogen-bond donors (Lipinski definition) is 2. The van der Waals surface area contributed by atoms with Gasteiger partial charge in [0, 0.05) is 12.6 Å². The quantitative estimate of drug-likeness (QED) is 0.797. The average Bonchev–Trinajstić information content (AvgIpc) is 2.64. The molecule has 0 saturated carbocycles. The Morgan fingerprint density at radius 1 is 0.885 bits per heavy atom. The van der Waals surface area contributed by atoms with Gasteiger partial charge >= 0.3 is 0 Å². The zero-order valence-electron chi connectivity index (χ0n) is 13.8. The number of carbonyl (C=O) groups is 2. The molecule has 0 unspecified atom stereocenters. The summed E-state index contributed by atoms with van der Waals surface area (Å²) in [6.45, 7) is 6.89. The van der Waals surface area contributed by atoms with Gasteiger partial charge in [-0.15, -0.1) is 0 Å². The van der Waals surface area contributed by atoms with Gasteiger partial charge in [0.05, 0.1) is 5.69 Å². The predicted molar refractivity (Wildman–Crippen MR) is 93.6 cm³/mol. The molecular weight excluding hydrogens is 345 g/mol. The van der Waals surface area contributed by atoms with Crippen LogP contribution in [0.3, 0.4) is 0 Å². The fourth-order valence-corrected chi connectivity index (χ4v) is 1.64. The molecule has 0 radical (unpaired) electrons. The molecule has 2 aromatic rings. The van der Waals surface area contributed by atoms with Gasteiger partial charge in [0.1, 0.15) is 17.5 Å². The third kappa shape index (κ3) is 7.48.